The number of halogens is 1. The van der Waals surface area contributed by atoms with Gasteiger partial charge in [0, 0.05) is 15.9 Å². The minimum Gasteiger partial charge on any atom is -0.487 e. The van der Waals surface area contributed by atoms with E-state index in [9.17, 15) is 4.79 Å². The molecule has 3 aromatic carbocycles. The molecule has 0 radical (unpaired) electrons. The Morgan fingerprint density at radius 1 is 1.03 bits per heavy atom. The van der Waals surface area contributed by atoms with E-state index in [4.69, 9.17) is 9.15 Å². The molecule has 2 heterocycles. The molecule has 6 nitrogen and oxygen atoms in total. The molecule has 0 fully saturated rings. The number of nitrogens with zero attached hydrogens (tertiary/aromatic N) is 3. The van der Waals surface area contributed by atoms with E-state index in [-0.39, 0.29) is 5.63 Å². The summed E-state index contributed by atoms with van der Waals surface area (Å²) in [6.07, 6.45) is 1.82. The Balaban J connectivity index is 1.44. The average molecular weight is 462 g/mol. The van der Waals surface area contributed by atoms with Crippen molar-refractivity contribution in [2.45, 2.75) is 13.2 Å². The van der Waals surface area contributed by atoms with Gasteiger partial charge in [-0.2, -0.15) is 0 Å². The quantitative estimate of drug-likeness (QED) is 0.274. The second-order valence-electron chi connectivity index (χ2n) is 6.90. The van der Waals surface area contributed by atoms with Crippen molar-refractivity contribution in [1.29, 1.82) is 0 Å². The molecule has 0 amide bonds. The van der Waals surface area contributed by atoms with Crippen LogP contribution in [-0.4, -0.2) is 15.0 Å². The average Bonchev–Trinajstić information content (AvgIpc) is 3.20. The van der Waals surface area contributed by atoms with Gasteiger partial charge in [-0.15, -0.1) is 5.10 Å². The molecule has 30 heavy (non-hydrogen) atoms. The first-order valence-corrected chi connectivity index (χ1v) is 10.2. The molecular formula is C23H16BrN3O3. The van der Waals surface area contributed by atoms with Gasteiger partial charge in [-0.05, 0) is 46.7 Å². The van der Waals surface area contributed by atoms with Gasteiger partial charge in [-0.25, -0.2) is 9.48 Å². The molecular weight excluding hydrogens is 446 g/mol. The highest BCUT2D eigenvalue weighted by Gasteiger charge is 2.11. The molecule has 0 unspecified atom stereocenters. The van der Waals surface area contributed by atoms with Gasteiger partial charge in [0.2, 0.25) is 0 Å². The van der Waals surface area contributed by atoms with Crippen LogP contribution in [0.3, 0.4) is 0 Å². The van der Waals surface area contributed by atoms with E-state index in [1.807, 2.05) is 66.9 Å². The summed E-state index contributed by atoms with van der Waals surface area (Å²) in [6.45, 7) is 0.712. The fourth-order valence-electron chi connectivity index (χ4n) is 3.49. The highest BCUT2D eigenvalue weighted by atomic mass is 79.9. The van der Waals surface area contributed by atoms with E-state index in [1.165, 1.54) is 6.07 Å². The summed E-state index contributed by atoms with van der Waals surface area (Å²) in [4.78, 5) is 12.1. The molecule has 0 atom stereocenters. The largest absolute Gasteiger partial charge is 0.487 e. The van der Waals surface area contributed by atoms with E-state index in [1.54, 1.807) is 4.68 Å². The molecule has 148 valence electrons. The summed E-state index contributed by atoms with van der Waals surface area (Å²) < 4.78 is 13.9. The van der Waals surface area contributed by atoms with Gasteiger partial charge in [0.1, 0.15) is 23.6 Å². The number of hydrogen-bond donors (Lipinski definition) is 0. The highest BCUT2D eigenvalue weighted by Crippen LogP contribution is 2.27. The lowest BCUT2D eigenvalue weighted by atomic mass is 10.0. The van der Waals surface area contributed by atoms with E-state index in [0.29, 0.717) is 24.4 Å². The van der Waals surface area contributed by atoms with Gasteiger partial charge in [0.25, 0.3) is 0 Å². The van der Waals surface area contributed by atoms with Crippen molar-refractivity contribution in [3.05, 3.63) is 99.1 Å². The molecule has 0 aliphatic rings. The number of ether oxygens (including phenoxy) is 1. The molecule has 0 spiro atoms. The van der Waals surface area contributed by atoms with Crippen molar-refractivity contribution in [3.8, 4) is 5.75 Å². The SMILES string of the molecule is O=c1cc(Cn2cc(COc3ccc(Br)cc3)nn2)c2c(ccc3ccccc32)o1. The topological polar surface area (TPSA) is 70.2 Å². The smallest absolute Gasteiger partial charge is 0.336 e. The molecule has 2 aromatic heterocycles. The van der Waals surface area contributed by atoms with E-state index < -0.39 is 0 Å². The van der Waals surface area contributed by atoms with Gasteiger partial charge in [0.15, 0.2) is 0 Å². The molecule has 5 rings (SSSR count). The Kier molecular flexibility index (Phi) is 4.80. The third-order valence-electron chi connectivity index (χ3n) is 4.83. The lowest BCUT2D eigenvalue weighted by molar-refractivity contribution is 0.301. The third-order valence-corrected chi connectivity index (χ3v) is 5.36. The van der Waals surface area contributed by atoms with E-state index in [2.05, 4.69) is 26.2 Å². The highest BCUT2D eigenvalue weighted by molar-refractivity contribution is 9.10. The Bertz CT molecular complexity index is 1410. The maximum atomic E-state index is 12.1. The van der Waals surface area contributed by atoms with Gasteiger partial charge in [0.05, 0.1) is 12.7 Å². The van der Waals surface area contributed by atoms with Crippen LogP contribution >= 0.6 is 15.9 Å². The van der Waals surface area contributed by atoms with Gasteiger partial charge in [-0.1, -0.05) is 51.5 Å². The van der Waals surface area contributed by atoms with Gasteiger partial charge >= 0.3 is 5.63 Å². The van der Waals surface area contributed by atoms with Crippen molar-refractivity contribution in [2.24, 2.45) is 0 Å². The fourth-order valence-corrected chi connectivity index (χ4v) is 3.75. The van der Waals surface area contributed by atoms with Crippen molar-refractivity contribution in [1.82, 2.24) is 15.0 Å². The molecule has 0 saturated carbocycles. The Morgan fingerprint density at radius 3 is 2.73 bits per heavy atom. The zero-order valence-electron chi connectivity index (χ0n) is 15.8. The summed E-state index contributed by atoms with van der Waals surface area (Å²) in [7, 11) is 0. The van der Waals surface area contributed by atoms with Crippen LogP contribution in [0.25, 0.3) is 21.7 Å². The molecule has 0 aliphatic carbocycles. The number of aromatic nitrogens is 3. The van der Waals surface area contributed by atoms with E-state index in [0.717, 1.165) is 31.9 Å². The van der Waals surface area contributed by atoms with Crippen LogP contribution in [0.5, 0.6) is 5.75 Å². The van der Waals surface area contributed by atoms with Crippen LogP contribution in [0.4, 0.5) is 0 Å². The second-order valence-corrected chi connectivity index (χ2v) is 7.82. The summed E-state index contributed by atoms with van der Waals surface area (Å²) in [5.41, 5.74) is 1.72. The Labute approximate surface area is 179 Å². The van der Waals surface area contributed by atoms with Crippen molar-refractivity contribution < 1.29 is 9.15 Å². The number of rotatable bonds is 5. The first-order valence-electron chi connectivity index (χ1n) is 9.37. The van der Waals surface area contributed by atoms with Gasteiger partial charge in [-0.3, -0.25) is 0 Å². The second kappa shape index (κ2) is 7.76. The summed E-state index contributed by atoms with van der Waals surface area (Å²) in [6, 6.07) is 20.9. The number of benzene rings is 3. The summed E-state index contributed by atoms with van der Waals surface area (Å²) in [5, 5.41) is 11.4. The van der Waals surface area contributed by atoms with Crippen LogP contribution in [0.1, 0.15) is 11.3 Å². The lowest BCUT2D eigenvalue weighted by Gasteiger charge is -2.08. The predicted octanol–water partition coefficient (Wildman–Crippen LogP) is 4.93. The van der Waals surface area contributed by atoms with Crippen molar-refractivity contribution in [3.63, 3.8) is 0 Å². The maximum absolute atomic E-state index is 12.1. The van der Waals surface area contributed by atoms with Crippen LogP contribution in [0.2, 0.25) is 0 Å². The standard InChI is InChI=1S/C23H16BrN3O3/c24-17-6-8-19(9-7-17)29-14-18-13-27(26-25-18)12-16-11-22(28)30-21-10-5-15-3-1-2-4-20(15)23(16)21/h1-11,13H,12,14H2. The summed E-state index contributed by atoms with van der Waals surface area (Å²) in [5.74, 6) is 0.755. The minimum atomic E-state index is -0.383. The normalized spacial score (nSPS) is 11.2. The zero-order valence-corrected chi connectivity index (χ0v) is 17.4. The number of fused-ring (bicyclic) bond motifs is 3. The molecule has 0 aliphatic heterocycles. The molecule has 0 N–H and O–H groups in total. The van der Waals surface area contributed by atoms with Gasteiger partial charge < -0.3 is 9.15 Å². The fraction of sp³-hybridized carbons (Fsp3) is 0.0870. The van der Waals surface area contributed by atoms with Crippen LogP contribution < -0.4 is 10.4 Å². The Morgan fingerprint density at radius 2 is 1.87 bits per heavy atom. The van der Waals surface area contributed by atoms with Crippen LogP contribution in [-0.2, 0) is 13.2 Å². The van der Waals surface area contributed by atoms with Crippen molar-refractivity contribution >= 4 is 37.7 Å². The first kappa shape index (κ1) is 18.6. The maximum Gasteiger partial charge on any atom is 0.336 e. The zero-order chi connectivity index (χ0) is 20.5. The predicted molar refractivity (Wildman–Crippen MR) is 118 cm³/mol. The molecule has 7 heteroatoms. The minimum absolute atomic E-state index is 0.308. The summed E-state index contributed by atoms with van der Waals surface area (Å²) >= 11 is 3.40. The first-order chi connectivity index (χ1) is 14.7. The third kappa shape index (κ3) is 3.71. The molecule has 5 aromatic rings. The monoisotopic (exact) mass is 461 g/mol. The van der Waals surface area contributed by atoms with E-state index >= 15 is 0 Å². The molecule has 0 bridgehead atoms. The molecule has 0 saturated heterocycles. The lowest BCUT2D eigenvalue weighted by Crippen LogP contribution is -2.06. The van der Waals surface area contributed by atoms with Crippen LogP contribution in [0, 0.1) is 0 Å². The van der Waals surface area contributed by atoms with Crippen LogP contribution in [0.15, 0.2) is 86.6 Å². The Hall–Kier alpha value is -3.45. The van der Waals surface area contributed by atoms with Crippen molar-refractivity contribution in [2.75, 3.05) is 0 Å². The number of hydrogen-bond acceptors (Lipinski definition) is 5.